The normalized spacial score (nSPS) is 10.4. The fraction of sp³-hybridized carbons (Fsp3) is 0.400. The van der Waals surface area contributed by atoms with Crippen molar-refractivity contribution in [1.29, 1.82) is 0 Å². The zero-order valence-corrected chi connectivity index (χ0v) is 12.6. The predicted molar refractivity (Wildman–Crippen MR) is 79.1 cm³/mol. The number of H-pyrrole nitrogens is 1. The highest BCUT2D eigenvalue weighted by molar-refractivity contribution is 5.94. The summed E-state index contributed by atoms with van der Waals surface area (Å²) in [4.78, 5) is 18.1. The summed E-state index contributed by atoms with van der Waals surface area (Å²) < 4.78 is 5.50. The topological polar surface area (TPSA) is 71.1 Å². The summed E-state index contributed by atoms with van der Waals surface area (Å²) in [5.41, 5.74) is 0.619. The van der Waals surface area contributed by atoms with Gasteiger partial charge in [0.05, 0.1) is 13.2 Å². The van der Waals surface area contributed by atoms with Crippen LogP contribution >= 0.6 is 0 Å². The van der Waals surface area contributed by atoms with Crippen LogP contribution in [0, 0.1) is 6.92 Å². The summed E-state index contributed by atoms with van der Waals surface area (Å²) >= 11 is 0. The van der Waals surface area contributed by atoms with Crippen LogP contribution < -0.4 is 4.74 Å². The summed E-state index contributed by atoms with van der Waals surface area (Å²) in [7, 11) is 1.73. The Morgan fingerprint density at radius 2 is 2.05 bits per heavy atom. The van der Waals surface area contributed by atoms with E-state index in [0.717, 1.165) is 18.0 Å². The third kappa shape index (κ3) is 4.05. The van der Waals surface area contributed by atoms with Gasteiger partial charge in [-0.3, -0.25) is 9.89 Å². The molecule has 0 aliphatic carbocycles. The third-order valence-corrected chi connectivity index (χ3v) is 2.94. The predicted octanol–water partition coefficient (Wildman–Crippen LogP) is 2.17. The van der Waals surface area contributed by atoms with Crippen LogP contribution in [0.4, 0.5) is 0 Å². The Balaban J connectivity index is 1.98. The van der Waals surface area contributed by atoms with Crippen molar-refractivity contribution in [2.24, 2.45) is 0 Å². The molecule has 0 aliphatic rings. The highest BCUT2D eigenvalue weighted by Gasteiger charge is 2.14. The lowest BCUT2D eigenvalue weighted by Gasteiger charge is -2.15. The van der Waals surface area contributed by atoms with Gasteiger partial charge in [-0.1, -0.05) is 6.92 Å². The quantitative estimate of drug-likeness (QED) is 0.884. The molecule has 21 heavy (non-hydrogen) atoms. The molecule has 0 saturated heterocycles. The van der Waals surface area contributed by atoms with E-state index in [4.69, 9.17) is 4.74 Å². The first-order valence-corrected chi connectivity index (χ1v) is 6.96. The molecule has 0 bridgehead atoms. The molecule has 112 valence electrons. The number of nitrogens with one attached hydrogen (secondary N) is 1. The van der Waals surface area contributed by atoms with E-state index >= 15 is 0 Å². The molecule has 0 aliphatic heterocycles. The average molecular weight is 288 g/mol. The molecule has 1 N–H and O–H groups in total. The molecule has 2 rings (SSSR count). The fourth-order valence-corrected chi connectivity index (χ4v) is 1.88. The van der Waals surface area contributed by atoms with Gasteiger partial charge >= 0.3 is 0 Å². The monoisotopic (exact) mass is 288 g/mol. The minimum absolute atomic E-state index is 0.0699. The number of aromatic nitrogens is 3. The number of rotatable bonds is 6. The molecular weight excluding hydrogens is 268 g/mol. The highest BCUT2D eigenvalue weighted by atomic mass is 16.5. The van der Waals surface area contributed by atoms with Gasteiger partial charge in [0.15, 0.2) is 5.82 Å². The van der Waals surface area contributed by atoms with Gasteiger partial charge in [-0.25, -0.2) is 4.98 Å². The first-order valence-electron chi connectivity index (χ1n) is 6.96. The van der Waals surface area contributed by atoms with E-state index in [1.165, 1.54) is 0 Å². The van der Waals surface area contributed by atoms with Gasteiger partial charge in [0.1, 0.15) is 11.6 Å². The lowest BCUT2D eigenvalue weighted by atomic mass is 10.2. The van der Waals surface area contributed by atoms with Crippen LogP contribution in [0.15, 0.2) is 24.3 Å². The van der Waals surface area contributed by atoms with E-state index in [-0.39, 0.29) is 5.91 Å². The highest BCUT2D eigenvalue weighted by Crippen LogP contribution is 2.14. The second kappa shape index (κ2) is 6.88. The van der Waals surface area contributed by atoms with Crippen molar-refractivity contribution >= 4 is 5.91 Å². The summed E-state index contributed by atoms with van der Waals surface area (Å²) in [6.07, 6.45) is 0.958. The molecule has 2 aromatic rings. The SMILES string of the molecule is CCCOc1ccc(C(=O)N(C)Cc2n[nH]c(C)n2)cc1. The lowest BCUT2D eigenvalue weighted by molar-refractivity contribution is 0.0781. The van der Waals surface area contributed by atoms with Crippen LogP contribution in [-0.4, -0.2) is 39.6 Å². The van der Waals surface area contributed by atoms with E-state index in [9.17, 15) is 4.79 Å². The lowest BCUT2D eigenvalue weighted by Crippen LogP contribution is -2.26. The molecule has 1 aromatic heterocycles. The number of ether oxygens (including phenoxy) is 1. The summed E-state index contributed by atoms with van der Waals surface area (Å²) in [6, 6.07) is 7.17. The molecule has 1 aromatic carbocycles. The molecule has 6 nitrogen and oxygen atoms in total. The van der Waals surface area contributed by atoms with Gasteiger partial charge < -0.3 is 9.64 Å². The zero-order chi connectivity index (χ0) is 15.2. The Bertz CT molecular complexity index is 592. The van der Waals surface area contributed by atoms with Gasteiger partial charge in [-0.15, -0.1) is 0 Å². The summed E-state index contributed by atoms with van der Waals surface area (Å²) in [6.45, 7) is 4.93. The second-order valence-corrected chi connectivity index (χ2v) is 4.87. The van der Waals surface area contributed by atoms with E-state index in [1.807, 2.05) is 19.1 Å². The van der Waals surface area contributed by atoms with Crippen LogP contribution in [0.2, 0.25) is 0 Å². The number of carbonyl (C=O) groups excluding carboxylic acids is 1. The molecule has 1 heterocycles. The summed E-state index contributed by atoms with van der Waals surface area (Å²) in [5, 5.41) is 6.79. The van der Waals surface area contributed by atoms with Crippen molar-refractivity contribution in [2.75, 3.05) is 13.7 Å². The Labute approximate surface area is 124 Å². The maximum atomic E-state index is 12.3. The first-order chi connectivity index (χ1) is 10.1. The number of benzene rings is 1. The van der Waals surface area contributed by atoms with Crippen molar-refractivity contribution in [3.8, 4) is 5.75 Å². The number of aryl methyl sites for hydroxylation is 1. The van der Waals surface area contributed by atoms with Crippen LogP contribution in [0.1, 0.15) is 35.4 Å². The van der Waals surface area contributed by atoms with E-state index < -0.39 is 0 Å². The van der Waals surface area contributed by atoms with E-state index in [1.54, 1.807) is 24.1 Å². The number of hydrogen-bond acceptors (Lipinski definition) is 4. The van der Waals surface area contributed by atoms with Crippen molar-refractivity contribution in [3.05, 3.63) is 41.5 Å². The molecule has 0 fully saturated rings. The van der Waals surface area contributed by atoms with Crippen molar-refractivity contribution < 1.29 is 9.53 Å². The molecule has 0 unspecified atom stereocenters. The smallest absolute Gasteiger partial charge is 0.254 e. The van der Waals surface area contributed by atoms with Crippen LogP contribution in [-0.2, 0) is 6.54 Å². The Morgan fingerprint density at radius 1 is 1.33 bits per heavy atom. The number of carbonyl (C=O) groups is 1. The van der Waals surface area contributed by atoms with Gasteiger partial charge in [0.2, 0.25) is 0 Å². The van der Waals surface area contributed by atoms with Crippen LogP contribution in [0.3, 0.4) is 0 Å². The maximum Gasteiger partial charge on any atom is 0.254 e. The molecule has 0 atom stereocenters. The second-order valence-electron chi connectivity index (χ2n) is 4.87. The Hall–Kier alpha value is -2.37. The van der Waals surface area contributed by atoms with Crippen molar-refractivity contribution in [1.82, 2.24) is 20.1 Å². The maximum absolute atomic E-state index is 12.3. The van der Waals surface area contributed by atoms with Gasteiger partial charge in [0.25, 0.3) is 5.91 Å². The first kappa shape index (κ1) is 15.0. The zero-order valence-electron chi connectivity index (χ0n) is 12.6. The number of amides is 1. The number of hydrogen-bond donors (Lipinski definition) is 1. The average Bonchev–Trinajstić information content (AvgIpc) is 2.90. The minimum Gasteiger partial charge on any atom is -0.494 e. The molecule has 0 spiro atoms. The summed E-state index contributed by atoms with van der Waals surface area (Å²) in [5.74, 6) is 2.05. The van der Waals surface area contributed by atoms with Gasteiger partial charge in [0, 0.05) is 12.6 Å². The third-order valence-electron chi connectivity index (χ3n) is 2.94. The molecule has 1 amide bonds. The van der Waals surface area contributed by atoms with Gasteiger partial charge in [-0.2, -0.15) is 5.10 Å². The molecule has 0 radical (unpaired) electrons. The fourth-order valence-electron chi connectivity index (χ4n) is 1.88. The van der Waals surface area contributed by atoms with Gasteiger partial charge in [-0.05, 0) is 37.6 Å². The van der Waals surface area contributed by atoms with Crippen LogP contribution in [0.25, 0.3) is 0 Å². The Kier molecular flexibility index (Phi) is 4.92. The van der Waals surface area contributed by atoms with Crippen molar-refractivity contribution in [3.63, 3.8) is 0 Å². The minimum atomic E-state index is -0.0699. The van der Waals surface area contributed by atoms with Crippen molar-refractivity contribution in [2.45, 2.75) is 26.8 Å². The number of nitrogens with zero attached hydrogens (tertiary/aromatic N) is 3. The molecular formula is C15H20N4O2. The van der Waals surface area contributed by atoms with E-state index in [0.29, 0.717) is 24.5 Å². The Morgan fingerprint density at radius 3 is 2.62 bits per heavy atom. The standard InChI is InChI=1S/C15H20N4O2/c1-4-9-21-13-7-5-12(6-8-13)15(20)19(3)10-14-16-11(2)17-18-14/h5-8H,4,9-10H2,1-3H3,(H,16,17,18). The molecule has 6 heteroatoms. The molecule has 0 saturated carbocycles. The largest absolute Gasteiger partial charge is 0.494 e. The number of aromatic amines is 1. The van der Waals surface area contributed by atoms with E-state index in [2.05, 4.69) is 22.1 Å². The van der Waals surface area contributed by atoms with Crippen LogP contribution in [0.5, 0.6) is 5.75 Å².